The van der Waals surface area contributed by atoms with Crippen LogP contribution in [0, 0.1) is 5.92 Å². The topological polar surface area (TPSA) is 59.3 Å². The number of rotatable bonds is 4. The average molecular weight is 293 g/mol. The molecule has 0 radical (unpaired) electrons. The molecule has 0 amide bonds. The van der Waals surface area contributed by atoms with Gasteiger partial charge in [-0.3, -0.25) is 0 Å². The monoisotopic (exact) mass is 293 g/mol. The molecular weight excluding hydrogens is 274 g/mol. The van der Waals surface area contributed by atoms with Crippen LogP contribution in [-0.4, -0.2) is 26.5 Å². The minimum absolute atomic E-state index is 0.0886. The van der Waals surface area contributed by atoms with E-state index < -0.39 is 9.84 Å². The highest BCUT2D eigenvalue weighted by Gasteiger charge is 2.28. The Balaban J connectivity index is 1.63. The van der Waals surface area contributed by atoms with Gasteiger partial charge in [0.05, 0.1) is 17.5 Å². The van der Waals surface area contributed by atoms with E-state index in [0.717, 1.165) is 29.7 Å². The maximum absolute atomic E-state index is 11.4. The van der Waals surface area contributed by atoms with Crippen LogP contribution in [0.25, 0.3) is 11.0 Å². The number of hydrogen-bond donors (Lipinski definition) is 1. The third-order valence-corrected chi connectivity index (χ3v) is 5.75. The number of fused-ring (bicyclic) bond motifs is 1. The number of sulfone groups is 1. The number of benzene rings is 1. The van der Waals surface area contributed by atoms with Crippen molar-refractivity contribution in [3.63, 3.8) is 0 Å². The molecule has 0 saturated carbocycles. The number of hydrogen-bond acceptors (Lipinski definition) is 4. The number of nitrogens with one attached hydrogen (secondary N) is 1. The molecule has 0 bridgehead atoms. The molecule has 1 N–H and O–H groups in total. The van der Waals surface area contributed by atoms with E-state index in [1.54, 1.807) is 0 Å². The largest absolute Gasteiger partial charge is 0.459 e. The lowest BCUT2D eigenvalue weighted by Gasteiger charge is -2.14. The summed E-state index contributed by atoms with van der Waals surface area (Å²) in [5.41, 5.74) is 0.889. The van der Waals surface area contributed by atoms with Crippen LogP contribution in [0.5, 0.6) is 0 Å². The summed E-state index contributed by atoms with van der Waals surface area (Å²) >= 11 is 0. The highest BCUT2D eigenvalue weighted by molar-refractivity contribution is 7.91. The molecule has 0 aliphatic carbocycles. The Labute approximate surface area is 119 Å². The van der Waals surface area contributed by atoms with Crippen LogP contribution in [0.15, 0.2) is 34.7 Å². The Morgan fingerprint density at radius 2 is 2.20 bits per heavy atom. The quantitative estimate of drug-likeness (QED) is 0.941. The van der Waals surface area contributed by atoms with Crippen molar-refractivity contribution < 1.29 is 12.8 Å². The van der Waals surface area contributed by atoms with Gasteiger partial charge in [-0.25, -0.2) is 8.42 Å². The Kier molecular flexibility index (Phi) is 3.56. The molecule has 2 unspecified atom stereocenters. The molecule has 1 aromatic heterocycles. The maximum Gasteiger partial charge on any atom is 0.150 e. The van der Waals surface area contributed by atoms with Gasteiger partial charge in [-0.1, -0.05) is 18.2 Å². The van der Waals surface area contributed by atoms with Crippen molar-refractivity contribution >= 4 is 20.8 Å². The van der Waals surface area contributed by atoms with E-state index in [-0.39, 0.29) is 12.0 Å². The lowest BCUT2D eigenvalue weighted by Crippen LogP contribution is -2.26. The molecule has 1 saturated heterocycles. The smallest absolute Gasteiger partial charge is 0.150 e. The number of furan rings is 1. The average Bonchev–Trinajstić information content (AvgIpc) is 2.99. The lowest BCUT2D eigenvalue weighted by molar-refractivity contribution is 0.418. The van der Waals surface area contributed by atoms with Crippen LogP contribution in [0.4, 0.5) is 0 Å². The first kappa shape index (κ1) is 13.6. The summed E-state index contributed by atoms with van der Waals surface area (Å²) in [5.74, 6) is 1.77. The van der Waals surface area contributed by atoms with Gasteiger partial charge in [0.25, 0.3) is 0 Å². The normalized spacial score (nSPS) is 23.1. The summed E-state index contributed by atoms with van der Waals surface area (Å²) in [6.45, 7) is 2.76. The van der Waals surface area contributed by atoms with Gasteiger partial charge in [-0.2, -0.15) is 0 Å². The predicted octanol–water partition coefficient (Wildman–Crippen LogP) is 2.52. The molecule has 3 rings (SSSR count). The fraction of sp³-hybridized carbons (Fsp3) is 0.467. The molecule has 4 nitrogen and oxygen atoms in total. The van der Waals surface area contributed by atoms with Gasteiger partial charge in [0.15, 0.2) is 9.84 Å². The Hall–Kier alpha value is -1.33. The van der Waals surface area contributed by atoms with Gasteiger partial charge >= 0.3 is 0 Å². The van der Waals surface area contributed by atoms with E-state index in [1.165, 1.54) is 0 Å². The lowest BCUT2D eigenvalue weighted by atomic mass is 10.1. The van der Waals surface area contributed by atoms with E-state index in [9.17, 15) is 8.42 Å². The van der Waals surface area contributed by atoms with Crippen LogP contribution in [0.2, 0.25) is 0 Å². The van der Waals surface area contributed by atoms with Gasteiger partial charge in [-0.15, -0.1) is 0 Å². The molecular formula is C15H19NO3S. The SMILES string of the molecule is CC(NCC1CCS(=O)(=O)C1)c1cc2ccccc2o1. The van der Waals surface area contributed by atoms with E-state index in [1.807, 2.05) is 37.3 Å². The molecule has 1 aliphatic heterocycles. The van der Waals surface area contributed by atoms with Crippen molar-refractivity contribution in [3.8, 4) is 0 Å². The third kappa shape index (κ3) is 2.88. The zero-order valence-corrected chi connectivity index (χ0v) is 12.3. The van der Waals surface area contributed by atoms with Gasteiger partial charge in [0, 0.05) is 5.39 Å². The number of para-hydroxylation sites is 1. The van der Waals surface area contributed by atoms with Crippen LogP contribution in [0.1, 0.15) is 25.1 Å². The zero-order valence-electron chi connectivity index (χ0n) is 11.5. The van der Waals surface area contributed by atoms with Crippen molar-refractivity contribution in [2.45, 2.75) is 19.4 Å². The zero-order chi connectivity index (χ0) is 14.2. The van der Waals surface area contributed by atoms with Crippen LogP contribution in [-0.2, 0) is 9.84 Å². The minimum atomic E-state index is -2.79. The Bertz CT molecular complexity index is 672. The first-order valence-corrected chi connectivity index (χ1v) is 8.78. The van der Waals surface area contributed by atoms with Crippen LogP contribution >= 0.6 is 0 Å². The second kappa shape index (κ2) is 5.22. The van der Waals surface area contributed by atoms with Crippen LogP contribution < -0.4 is 5.32 Å². The molecule has 20 heavy (non-hydrogen) atoms. The molecule has 5 heteroatoms. The molecule has 2 heterocycles. The first-order chi connectivity index (χ1) is 9.53. The van der Waals surface area contributed by atoms with Gasteiger partial charge < -0.3 is 9.73 Å². The summed E-state index contributed by atoms with van der Waals surface area (Å²) in [5, 5.41) is 4.48. The highest BCUT2D eigenvalue weighted by Crippen LogP contribution is 2.24. The predicted molar refractivity (Wildman–Crippen MR) is 79.4 cm³/mol. The molecule has 0 spiro atoms. The standard InChI is InChI=1S/C15H19NO3S/c1-11(16-9-12-6-7-20(17,18)10-12)15-8-13-4-2-3-5-14(13)19-15/h2-5,8,11-12,16H,6-7,9-10H2,1H3. The van der Waals surface area contributed by atoms with Gasteiger partial charge in [0.2, 0.25) is 0 Å². The van der Waals surface area contributed by atoms with Crippen molar-refractivity contribution in [2.24, 2.45) is 5.92 Å². The minimum Gasteiger partial charge on any atom is -0.459 e. The third-order valence-electron chi connectivity index (χ3n) is 3.91. The fourth-order valence-electron chi connectivity index (χ4n) is 2.69. The van der Waals surface area contributed by atoms with Gasteiger partial charge in [0.1, 0.15) is 11.3 Å². The summed E-state index contributed by atoms with van der Waals surface area (Å²) < 4.78 is 28.7. The Morgan fingerprint density at radius 1 is 1.40 bits per heavy atom. The molecule has 1 aliphatic rings. The van der Waals surface area contributed by atoms with E-state index in [4.69, 9.17) is 4.42 Å². The van der Waals surface area contributed by atoms with E-state index in [2.05, 4.69) is 5.32 Å². The van der Waals surface area contributed by atoms with Crippen molar-refractivity contribution in [2.75, 3.05) is 18.1 Å². The Morgan fingerprint density at radius 3 is 2.90 bits per heavy atom. The highest BCUT2D eigenvalue weighted by atomic mass is 32.2. The molecule has 1 fully saturated rings. The first-order valence-electron chi connectivity index (χ1n) is 6.96. The maximum atomic E-state index is 11.4. The van der Waals surface area contributed by atoms with E-state index >= 15 is 0 Å². The summed E-state index contributed by atoms with van der Waals surface area (Å²) in [6.07, 6.45) is 0.766. The summed E-state index contributed by atoms with van der Waals surface area (Å²) in [4.78, 5) is 0. The molecule has 108 valence electrons. The molecule has 2 atom stereocenters. The second-order valence-electron chi connectivity index (χ2n) is 5.59. The summed E-state index contributed by atoms with van der Waals surface area (Å²) in [6, 6.07) is 10.1. The van der Waals surface area contributed by atoms with E-state index in [0.29, 0.717) is 11.5 Å². The fourth-order valence-corrected chi connectivity index (χ4v) is 4.55. The second-order valence-corrected chi connectivity index (χ2v) is 7.81. The van der Waals surface area contributed by atoms with Gasteiger partial charge in [-0.05, 0) is 37.9 Å². The summed E-state index contributed by atoms with van der Waals surface area (Å²) in [7, 11) is -2.79. The van der Waals surface area contributed by atoms with Crippen LogP contribution in [0.3, 0.4) is 0 Å². The van der Waals surface area contributed by atoms with Crippen molar-refractivity contribution in [1.82, 2.24) is 5.32 Å². The molecule has 2 aromatic rings. The van der Waals surface area contributed by atoms with Crippen molar-refractivity contribution in [3.05, 3.63) is 36.1 Å². The van der Waals surface area contributed by atoms with Crippen molar-refractivity contribution in [1.29, 1.82) is 0 Å². The molecule has 1 aromatic carbocycles.